The standard InChI is InChI=1S/C8H16ClNO4S/c1-8(2,3)14-7(11)6-15(12,13)10-5-4-9/h10H,4-6H2,1-3H3. The lowest BCUT2D eigenvalue weighted by molar-refractivity contribution is -0.151. The van der Waals surface area contributed by atoms with Crippen LogP contribution in [-0.2, 0) is 19.6 Å². The summed E-state index contributed by atoms with van der Waals surface area (Å²) in [6.07, 6.45) is 0. The van der Waals surface area contributed by atoms with Gasteiger partial charge in [0, 0.05) is 12.4 Å². The van der Waals surface area contributed by atoms with Crippen molar-refractivity contribution in [2.45, 2.75) is 26.4 Å². The van der Waals surface area contributed by atoms with E-state index in [0.717, 1.165) is 0 Å². The Morgan fingerprint density at radius 2 is 1.93 bits per heavy atom. The number of carbonyl (C=O) groups excluding carboxylic acids is 1. The van der Waals surface area contributed by atoms with E-state index in [1.165, 1.54) is 0 Å². The Bertz CT molecular complexity index is 307. The van der Waals surface area contributed by atoms with Crippen LogP contribution in [0.5, 0.6) is 0 Å². The van der Waals surface area contributed by atoms with Crippen LogP contribution in [0.4, 0.5) is 0 Å². The van der Waals surface area contributed by atoms with E-state index in [4.69, 9.17) is 16.3 Å². The summed E-state index contributed by atoms with van der Waals surface area (Å²) >= 11 is 5.31. The molecular weight excluding hydrogens is 242 g/mol. The van der Waals surface area contributed by atoms with Gasteiger partial charge in [-0.3, -0.25) is 4.79 Å². The Hall–Kier alpha value is -0.330. The molecule has 0 saturated heterocycles. The van der Waals surface area contributed by atoms with Crippen molar-refractivity contribution in [3.8, 4) is 0 Å². The zero-order valence-corrected chi connectivity index (χ0v) is 10.6. The molecule has 0 aromatic carbocycles. The minimum Gasteiger partial charge on any atom is -0.459 e. The highest BCUT2D eigenvalue weighted by Crippen LogP contribution is 2.07. The van der Waals surface area contributed by atoms with Crippen LogP contribution in [0.3, 0.4) is 0 Å². The van der Waals surface area contributed by atoms with Crippen molar-refractivity contribution in [1.82, 2.24) is 4.72 Å². The highest BCUT2D eigenvalue weighted by molar-refractivity contribution is 7.90. The lowest BCUT2D eigenvalue weighted by Gasteiger charge is -2.19. The van der Waals surface area contributed by atoms with Crippen molar-refractivity contribution in [3.63, 3.8) is 0 Å². The monoisotopic (exact) mass is 257 g/mol. The summed E-state index contributed by atoms with van der Waals surface area (Å²) in [4.78, 5) is 11.2. The quantitative estimate of drug-likeness (QED) is 0.575. The lowest BCUT2D eigenvalue weighted by atomic mass is 10.2. The highest BCUT2D eigenvalue weighted by Gasteiger charge is 2.22. The van der Waals surface area contributed by atoms with Crippen LogP contribution in [0.25, 0.3) is 0 Å². The number of sulfonamides is 1. The molecule has 0 saturated carbocycles. The van der Waals surface area contributed by atoms with E-state index in [-0.39, 0.29) is 12.4 Å². The molecule has 0 rings (SSSR count). The Morgan fingerprint density at radius 1 is 1.40 bits per heavy atom. The predicted octanol–water partition coefficient (Wildman–Crippen LogP) is 0.486. The lowest BCUT2D eigenvalue weighted by Crippen LogP contribution is -2.35. The third-order valence-electron chi connectivity index (χ3n) is 1.14. The Kier molecular flexibility index (Phi) is 5.55. The number of esters is 1. The van der Waals surface area contributed by atoms with Gasteiger partial charge in [-0.2, -0.15) is 0 Å². The van der Waals surface area contributed by atoms with Gasteiger partial charge in [0.05, 0.1) is 0 Å². The first-order chi connectivity index (χ1) is 6.66. The Morgan fingerprint density at radius 3 is 2.33 bits per heavy atom. The van der Waals surface area contributed by atoms with E-state index >= 15 is 0 Å². The molecule has 0 aromatic heterocycles. The molecule has 0 aliphatic rings. The average Bonchev–Trinajstić information content (AvgIpc) is 1.95. The zero-order valence-electron chi connectivity index (χ0n) is 9.04. The fraction of sp³-hybridized carbons (Fsp3) is 0.875. The average molecular weight is 258 g/mol. The SMILES string of the molecule is CC(C)(C)OC(=O)CS(=O)(=O)NCCCl. The molecule has 15 heavy (non-hydrogen) atoms. The molecule has 0 aliphatic heterocycles. The minimum atomic E-state index is -3.62. The van der Waals surface area contributed by atoms with Crippen molar-refractivity contribution in [2.75, 3.05) is 18.2 Å². The maximum atomic E-state index is 11.2. The van der Waals surface area contributed by atoms with Gasteiger partial charge in [-0.1, -0.05) is 0 Å². The summed E-state index contributed by atoms with van der Waals surface area (Å²) in [5.74, 6) is -1.29. The fourth-order valence-electron chi connectivity index (χ4n) is 0.771. The Labute approximate surface area is 95.2 Å². The summed E-state index contributed by atoms with van der Waals surface area (Å²) < 4.78 is 29.5. The van der Waals surface area contributed by atoms with Crippen molar-refractivity contribution in [1.29, 1.82) is 0 Å². The van der Waals surface area contributed by atoms with Gasteiger partial charge in [0.15, 0.2) is 5.75 Å². The number of nitrogens with one attached hydrogen (secondary N) is 1. The van der Waals surface area contributed by atoms with Crippen LogP contribution in [0, 0.1) is 0 Å². The smallest absolute Gasteiger partial charge is 0.323 e. The summed E-state index contributed by atoms with van der Waals surface area (Å²) in [6.45, 7) is 5.11. The molecule has 5 nitrogen and oxygen atoms in total. The normalized spacial score (nSPS) is 12.5. The van der Waals surface area contributed by atoms with Crippen LogP contribution in [0.1, 0.15) is 20.8 Å². The maximum absolute atomic E-state index is 11.2. The van der Waals surface area contributed by atoms with Crippen molar-refractivity contribution >= 4 is 27.6 Å². The molecule has 1 N–H and O–H groups in total. The molecule has 0 radical (unpaired) electrons. The van der Waals surface area contributed by atoms with E-state index in [1.54, 1.807) is 20.8 Å². The topological polar surface area (TPSA) is 72.5 Å². The van der Waals surface area contributed by atoms with Gasteiger partial charge in [-0.25, -0.2) is 13.1 Å². The highest BCUT2D eigenvalue weighted by atomic mass is 35.5. The van der Waals surface area contributed by atoms with Crippen LogP contribution in [0.2, 0.25) is 0 Å². The number of hydrogen-bond donors (Lipinski definition) is 1. The van der Waals surface area contributed by atoms with Gasteiger partial charge >= 0.3 is 5.97 Å². The molecule has 0 fully saturated rings. The third-order valence-corrected chi connectivity index (χ3v) is 2.59. The summed E-state index contributed by atoms with van der Waals surface area (Å²) in [5.41, 5.74) is -0.681. The first kappa shape index (κ1) is 14.7. The molecular formula is C8H16ClNO4S. The predicted molar refractivity (Wildman–Crippen MR) is 58.4 cm³/mol. The molecule has 90 valence electrons. The van der Waals surface area contributed by atoms with Gasteiger partial charge in [0.1, 0.15) is 5.60 Å². The first-order valence-electron chi connectivity index (χ1n) is 4.41. The molecule has 0 amide bonds. The summed E-state index contributed by atoms with van der Waals surface area (Å²) in [5, 5.41) is 0. The molecule has 0 spiro atoms. The van der Waals surface area contributed by atoms with Gasteiger partial charge < -0.3 is 4.74 Å². The minimum absolute atomic E-state index is 0.104. The molecule has 0 aromatic rings. The van der Waals surface area contributed by atoms with Crippen LogP contribution < -0.4 is 4.72 Å². The fourth-order valence-corrected chi connectivity index (χ4v) is 1.86. The van der Waals surface area contributed by atoms with Gasteiger partial charge in [-0.15, -0.1) is 11.6 Å². The van der Waals surface area contributed by atoms with Gasteiger partial charge in [0.25, 0.3) is 0 Å². The van der Waals surface area contributed by atoms with Crippen molar-refractivity contribution < 1.29 is 17.9 Å². The number of carbonyl (C=O) groups is 1. The largest absolute Gasteiger partial charge is 0.459 e. The second kappa shape index (κ2) is 5.67. The van der Waals surface area contributed by atoms with Crippen LogP contribution in [-0.4, -0.2) is 38.2 Å². The number of ether oxygens (including phenoxy) is 1. The van der Waals surface area contributed by atoms with Crippen LogP contribution in [0.15, 0.2) is 0 Å². The first-order valence-corrected chi connectivity index (χ1v) is 6.60. The molecule has 0 unspecified atom stereocenters. The second-order valence-corrected chi connectivity index (χ2v) is 6.11. The van der Waals surface area contributed by atoms with E-state index < -0.39 is 27.3 Å². The van der Waals surface area contributed by atoms with Gasteiger partial charge in [0.2, 0.25) is 10.0 Å². The van der Waals surface area contributed by atoms with Gasteiger partial charge in [-0.05, 0) is 20.8 Å². The van der Waals surface area contributed by atoms with Crippen molar-refractivity contribution in [2.24, 2.45) is 0 Å². The third kappa shape index (κ3) is 8.65. The Balaban J connectivity index is 4.17. The van der Waals surface area contributed by atoms with E-state index in [0.29, 0.717) is 0 Å². The number of hydrogen-bond acceptors (Lipinski definition) is 4. The van der Waals surface area contributed by atoms with E-state index in [9.17, 15) is 13.2 Å². The number of alkyl halides is 1. The molecule has 0 atom stereocenters. The van der Waals surface area contributed by atoms with Crippen LogP contribution >= 0.6 is 11.6 Å². The van der Waals surface area contributed by atoms with E-state index in [2.05, 4.69) is 4.72 Å². The van der Waals surface area contributed by atoms with Crippen molar-refractivity contribution in [3.05, 3.63) is 0 Å². The zero-order chi connectivity index (χ0) is 12.1. The maximum Gasteiger partial charge on any atom is 0.323 e. The molecule has 7 heteroatoms. The van der Waals surface area contributed by atoms with E-state index in [1.807, 2.05) is 0 Å². The second-order valence-electron chi connectivity index (χ2n) is 3.93. The molecule has 0 aliphatic carbocycles. The number of halogens is 1. The summed E-state index contributed by atoms with van der Waals surface area (Å²) in [6, 6.07) is 0. The number of rotatable bonds is 5. The molecule has 0 bridgehead atoms. The summed E-state index contributed by atoms with van der Waals surface area (Å²) in [7, 11) is -3.62. The molecule has 0 heterocycles.